The first-order valence-corrected chi connectivity index (χ1v) is 8.04. The van der Waals surface area contributed by atoms with E-state index in [2.05, 4.69) is 10.3 Å². The number of nitrogens with one attached hydrogen (secondary N) is 1. The first-order valence-electron chi connectivity index (χ1n) is 6.60. The van der Waals surface area contributed by atoms with Gasteiger partial charge in [-0.3, -0.25) is 0 Å². The zero-order chi connectivity index (χ0) is 14.0. The molecule has 0 amide bonds. The van der Waals surface area contributed by atoms with Gasteiger partial charge in [0, 0.05) is 26.3 Å². The summed E-state index contributed by atoms with van der Waals surface area (Å²) in [7, 11) is 0.315. The molecule has 0 spiro atoms. The van der Waals surface area contributed by atoms with Crippen LogP contribution in [0.15, 0.2) is 11.2 Å². The van der Waals surface area contributed by atoms with Crippen LogP contribution in [0.3, 0.4) is 0 Å². The molecule has 2 rings (SSSR count). The Balaban J connectivity index is 0.00000200. The van der Waals surface area contributed by atoms with Crippen LogP contribution in [0.1, 0.15) is 18.7 Å². The van der Waals surface area contributed by atoms with Crippen molar-refractivity contribution in [2.75, 3.05) is 26.7 Å². The van der Waals surface area contributed by atoms with Crippen molar-refractivity contribution in [3.8, 4) is 0 Å². The molecule has 1 aliphatic rings. The fourth-order valence-corrected chi connectivity index (χ4v) is 3.92. The Morgan fingerprint density at radius 2 is 2.00 bits per heavy atom. The van der Waals surface area contributed by atoms with Gasteiger partial charge in [0.05, 0.1) is 0 Å². The maximum atomic E-state index is 12.5. The van der Waals surface area contributed by atoms with E-state index in [0.717, 1.165) is 19.4 Å². The monoisotopic (exact) mass is 322 g/mol. The van der Waals surface area contributed by atoms with Crippen molar-refractivity contribution in [3.05, 3.63) is 12.0 Å². The fraction of sp³-hybridized carbons (Fsp3) is 0.750. The molecule has 1 aliphatic heterocycles. The van der Waals surface area contributed by atoms with Gasteiger partial charge in [-0.25, -0.2) is 13.4 Å². The molecule has 1 aromatic heterocycles. The van der Waals surface area contributed by atoms with Crippen LogP contribution >= 0.6 is 12.4 Å². The molecule has 0 unspecified atom stereocenters. The summed E-state index contributed by atoms with van der Waals surface area (Å²) in [5, 5.41) is 3.32. The molecule has 2 heterocycles. The highest BCUT2D eigenvalue weighted by atomic mass is 35.5. The van der Waals surface area contributed by atoms with Crippen LogP contribution in [-0.2, 0) is 17.1 Å². The third-order valence-electron chi connectivity index (χ3n) is 3.76. The number of halogens is 1. The Morgan fingerprint density at radius 3 is 2.45 bits per heavy atom. The summed E-state index contributed by atoms with van der Waals surface area (Å²) >= 11 is 0. The highest BCUT2D eigenvalue weighted by molar-refractivity contribution is 7.89. The fourth-order valence-electron chi connectivity index (χ4n) is 2.43. The normalized spacial score (nSPS) is 17.9. The molecule has 1 aromatic rings. The number of hydrogen-bond acceptors (Lipinski definition) is 4. The lowest BCUT2D eigenvalue weighted by Gasteiger charge is -2.30. The van der Waals surface area contributed by atoms with E-state index in [0.29, 0.717) is 24.8 Å². The van der Waals surface area contributed by atoms with Gasteiger partial charge >= 0.3 is 0 Å². The number of nitrogens with zero attached hydrogens (tertiary/aromatic N) is 3. The van der Waals surface area contributed by atoms with Gasteiger partial charge in [-0.15, -0.1) is 12.4 Å². The molecule has 0 radical (unpaired) electrons. The smallest absolute Gasteiger partial charge is 0.262 e. The molecule has 1 saturated heterocycles. The van der Waals surface area contributed by atoms with Crippen molar-refractivity contribution in [2.24, 2.45) is 13.0 Å². The van der Waals surface area contributed by atoms with Gasteiger partial charge in [0.15, 0.2) is 5.03 Å². The molecule has 1 N–H and O–H groups in total. The van der Waals surface area contributed by atoms with Gasteiger partial charge in [-0.05, 0) is 39.3 Å². The molecule has 6 nitrogen and oxygen atoms in total. The molecule has 0 saturated carbocycles. The predicted octanol–water partition coefficient (Wildman–Crippen LogP) is 0.770. The van der Waals surface area contributed by atoms with E-state index in [9.17, 15) is 8.42 Å². The van der Waals surface area contributed by atoms with Gasteiger partial charge in [0.25, 0.3) is 10.0 Å². The van der Waals surface area contributed by atoms with E-state index in [4.69, 9.17) is 0 Å². The van der Waals surface area contributed by atoms with Crippen molar-refractivity contribution in [2.45, 2.75) is 24.8 Å². The van der Waals surface area contributed by atoms with E-state index >= 15 is 0 Å². The summed E-state index contributed by atoms with van der Waals surface area (Å²) in [4.78, 5) is 4.13. The maximum absolute atomic E-state index is 12.5. The predicted molar refractivity (Wildman–Crippen MR) is 80.6 cm³/mol. The summed E-state index contributed by atoms with van der Waals surface area (Å²) in [6.45, 7) is 3.93. The molecule has 0 aliphatic carbocycles. The minimum atomic E-state index is -3.42. The van der Waals surface area contributed by atoms with Gasteiger partial charge < -0.3 is 9.88 Å². The highest BCUT2D eigenvalue weighted by Gasteiger charge is 2.30. The van der Waals surface area contributed by atoms with Crippen molar-refractivity contribution in [1.29, 1.82) is 0 Å². The van der Waals surface area contributed by atoms with E-state index in [1.54, 1.807) is 29.0 Å². The highest BCUT2D eigenvalue weighted by Crippen LogP contribution is 2.22. The molecule has 0 bridgehead atoms. The molecular weight excluding hydrogens is 300 g/mol. The maximum Gasteiger partial charge on any atom is 0.262 e. The largest absolute Gasteiger partial charge is 0.337 e. The van der Waals surface area contributed by atoms with E-state index in [1.807, 2.05) is 7.05 Å². The molecular formula is C12H23ClN4O2S. The number of piperidine rings is 1. The van der Waals surface area contributed by atoms with Crippen LogP contribution in [0.5, 0.6) is 0 Å². The SMILES string of the molecule is CNCC1CCN(S(=O)(=O)c2cn(C)c(C)n2)CC1.Cl. The second-order valence-corrected chi connectivity index (χ2v) is 7.03. The second kappa shape index (κ2) is 6.89. The van der Waals surface area contributed by atoms with Crippen LogP contribution in [-0.4, -0.2) is 49.0 Å². The van der Waals surface area contributed by atoms with Crippen LogP contribution in [0.4, 0.5) is 0 Å². The van der Waals surface area contributed by atoms with Crippen LogP contribution < -0.4 is 5.32 Å². The average molecular weight is 323 g/mol. The van der Waals surface area contributed by atoms with Crippen molar-refractivity contribution in [1.82, 2.24) is 19.2 Å². The lowest BCUT2D eigenvalue weighted by Crippen LogP contribution is -2.40. The minimum Gasteiger partial charge on any atom is -0.337 e. The Bertz CT molecular complexity index is 516. The lowest BCUT2D eigenvalue weighted by atomic mass is 9.98. The Hall–Kier alpha value is -0.630. The van der Waals surface area contributed by atoms with E-state index in [1.165, 1.54) is 0 Å². The zero-order valence-electron chi connectivity index (χ0n) is 12.2. The van der Waals surface area contributed by atoms with Crippen LogP contribution in [0.25, 0.3) is 0 Å². The quantitative estimate of drug-likeness (QED) is 0.889. The second-order valence-electron chi connectivity index (χ2n) is 5.14. The molecule has 116 valence electrons. The zero-order valence-corrected chi connectivity index (χ0v) is 13.8. The van der Waals surface area contributed by atoms with E-state index in [-0.39, 0.29) is 17.4 Å². The van der Waals surface area contributed by atoms with Crippen molar-refractivity contribution >= 4 is 22.4 Å². The Kier molecular flexibility index (Phi) is 6.00. The summed E-state index contributed by atoms with van der Waals surface area (Å²) in [6.07, 6.45) is 3.40. The number of hydrogen-bond donors (Lipinski definition) is 1. The van der Waals surface area contributed by atoms with Crippen molar-refractivity contribution < 1.29 is 8.42 Å². The molecule has 20 heavy (non-hydrogen) atoms. The summed E-state index contributed by atoms with van der Waals surface area (Å²) in [5.74, 6) is 1.28. The first kappa shape index (κ1) is 17.4. The molecule has 8 heteroatoms. The Labute approximate surface area is 127 Å². The number of rotatable bonds is 4. The molecule has 0 atom stereocenters. The van der Waals surface area contributed by atoms with Crippen LogP contribution in [0, 0.1) is 12.8 Å². The van der Waals surface area contributed by atoms with Crippen LogP contribution in [0.2, 0.25) is 0 Å². The molecule has 0 aromatic carbocycles. The average Bonchev–Trinajstić information content (AvgIpc) is 2.71. The Morgan fingerprint density at radius 1 is 1.40 bits per heavy atom. The first-order chi connectivity index (χ1) is 8.95. The van der Waals surface area contributed by atoms with Gasteiger partial charge in [-0.2, -0.15) is 4.31 Å². The van der Waals surface area contributed by atoms with Gasteiger partial charge in [0.1, 0.15) is 5.82 Å². The summed E-state index contributed by atoms with van der Waals surface area (Å²) < 4.78 is 28.2. The third kappa shape index (κ3) is 3.52. The third-order valence-corrected chi connectivity index (χ3v) is 5.53. The number of aryl methyl sites for hydroxylation is 2. The summed E-state index contributed by atoms with van der Waals surface area (Å²) in [6, 6.07) is 0. The lowest BCUT2D eigenvalue weighted by molar-refractivity contribution is 0.270. The van der Waals surface area contributed by atoms with Gasteiger partial charge in [0.2, 0.25) is 0 Å². The van der Waals surface area contributed by atoms with Crippen molar-refractivity contribution in [3.63, 3.8) is 0 Å². The standard InChI is InChI=1S/C12H22N4O2S.ClH/c1-10-14-12(9-15(10)3)19(17,18)16-6-4-11(5-7-16)8-13-2;/h9,11,13H,4-8H2,1-3H3;1H. The summed E-state index contributed by atoms with van der Waals surface area (Å²) in [5.41, 5.74) is 0. The number of sulfonamides is 1. The number of aromatic nitrogens is 2. The minimum absolute atomic E-state index is 0. The van der Waals surface area contributed by atoms with E-state index < -0.39 is 10.0 Å². The molecule has 1 fully saturated rings. The van der Waals surface area contributed by atoms with Gasteiger partial charge in [-0.1, -0.05) is 0 Å². The number of imidazole rings is 1. The topological polar surface area (TPSA) is 67.2 Å².